The highest BCUT2D eigenvalue weighted by atomic mass is 19.4. The van der Waals surface area contributed by atoms with Gasteiger partial charge in [-0.05, 0) is 71.1 Å². The maximum Gasteiger partial charge on any atom is 0.409 e. The normalized spacial score (nSPS) is 16.3. The summed E-state index contributed by atoms with van der Waals surface area (Å²) in [6, 6.07) is 5.46. The first kappa shape index (κ1) is 34.2. The molecule has 0 bridgehead atoms. The molecule has 2 unspecified atom stereocenters. The number of hydrogen-bond donors (Lipinski definition) is 0. The minimum Gasteiger partial charge on any atom is -0.269 e. The van der Waals surface area contributed by atoms with Gasteiger partial charge in [0.25, 0.3) is 23.6 Å². The van der Waals surface area contributed by atoms with Crippen LogP contribution in [0.3, 0.4) is 0 Å². The van der Waals surface area contributed by atoms with Gasteiger partial charge in [-0.2, -0.15) is 31.6 Å². The van der Waals surface area contributed by atoms with E-state index in [-0.39, 0.29) is 72.0 Å². The predicted octanol–water partition coefficient (Wildman–Crippen LogP) is 9.35. The van der Waals surface area contributed by atoms with Crippen molar-refractivity contribution in [1.82, 2.24) is 9.80 Å². The molecular weight excluding hydrogens is 676 g/mol. The quantitative estimate of drug-likeness (QED) is 0.0694. The summed E-state index contributed by atoms with van der Waals surface area (Å²) in [4.78, 5) is 56.1. The molecule has 2 heterocycles. The summed E-state index contributed by atoms with van der Waals surface area (Å²) < 4.78 is 86.1. The molecule has 0 N–H and O–H groups in total. The third kappa shape index (κ3) is 4.78. The highest BCUT2D eigenvalue weighted by Crippen LogP contribution is 2.49. The summed E-state index contributed by atoms with van der Waals surface area (Å²) in [5.41, 5.74) is -0.330. The van der Waals surface area contributed by atoms with E-state index < -0.39 is 60.9 Å². The number of imide groups is 2. The molecule has 2 aliphatic rings. The van der Waals surface area contributed by atoms with E-state index >= 15 is 0 Å². The van der Waals surface area contributed by atoms with E-state index in [4.69, 9.17) is 0 Å². The lowest BCUT2D eigenvalue weighted by Crippen LogP contribution is -2.53. The zero-order valence-electron chi connectivity index (χ0n) is 27.6. The van der Waals surface area contributed by atoms with Crippen LogP contribution in [0.15, 0.2) is 36.4 Å². The van der Waals surface area contributed by atoms with Crippen LogP contribution in [0.1, 0.15) is 105 Å². The van der Waals surface area contributed by atoms with Crippen molar-refractivity contribution in [3.05, 3.63) is 69.8 Å². The fourth-order valence-electron chi connectivity index (χ4n) is 8.03. The number of hydrogen-bond acceptors (Lipinski definition) is 5. The van der Waals surface area contributed by atoms with Crippen LogP contribution >= 0.6 is 0 Å². The van der Waals surface area contributed by atoms with Gasteiger partial charge in [0.05, 0.1) is 17.2 Å². The number of halogens is 6. The van der Waals surface area contributed by atoms with Crippen molar-refractivity contribution in [3.63, 3.8) is 0 Å². The Morgan fingerprint density at radius 2 is 1.02 bits per heavy atom. The number of amides is 4. The molecule has 5 aromatic rings. The fourth-order valence-corrected chi connectivity index (χ4v) is 8.03. The molecule has 2 atom stereocenters. The molecule has 0 saturated heterocycles. The van der Waals surface area contributed by atoms with E-state index in [2.05, 4.69) is 0 Å². The van der Waals surface area contributed by atoms with Gasteiger partial charge >= 0.3 is 12.4 Å². The molecule has 5 aromatic carbocycles. The van der Waals surface area contributed by atoms with Gasteiger partial charge in [-0.1, -0.05) is 51.7 Å². The van der Waals surface area contributed by atoms with Gasteiger partial charge in [-0.15, -0.1) is 0 Å². The zero-order valence-corrected chi connectivity index (χ0v) is 27.6. The topological polar surface area (TPSA) is 98.6 Å². The van der Waals surface area contributed by atoms with Gasteiger partial charge in [0.2, 0.25) is 0 Å². The van der Waals surface area contributed by atoms with Gasteiger partial charge in [0.15, 0.2) is 0 Å². The summed E-state index contributed by atoms with van der Waals surface area (Å²) in [5, 5.41) is 12.6. The molecule has 262 valence electrons. The predicted molar refractivity (Wildman–Crippen MR) is 177 cm³/mol. The van der Waals surface area contributed by atoms with Gasteiger partial charge < -0.3 is 0 Å². The summed E-state index contributed by atoms with van der Waals surface area (Å²) in [6.07, 6.45) is -9.71. The van der Waals surface area contributed by atoms with E-state index in [0.717, 1.165) is 6.07 Å². The Morgan fingerprint density at radius 3 is 1.45 bits per heavy atom. The molecule has 7 rings (SSSR count). The van der Waals surface area contributed by atoms with E-state index in [1.807, 2.05) is 6.07 Å². The van der Waals surface area contributed by atoms with Crippen LogP contribution in [0.5, 0.6) is 0 Å². The van der Waals surface area contributed by atoms with Crippen LogP contribution in [0, 0.1) is 18.3 Å². The molecule has 0 saturated carbocycles. The smallest absolute Gasteiger partial charge is 0.269 e. The largest absolute Gasteiger partial charge is 0.409 e. The summed E-state index contributed by atoms with van der Waals surface area (Å²) in [6.45, 7) is 5.01. The van der Waals surface area contributed by atoms with E-state index in [9.17, 15) is 50.8 Å². The number of alkyl halides is 6. The van der Waals surface area contributed by atoms with Crippen LogP contribution < -0.4 is 0 Å². The molecule has 0 aromatic heterocycles. The summed E-state index contributed by atoms with van der Waals surface area (Å²) in [7, 11) is 0. The van der Waals surface area contributed by atoms with Gasteiger partial charge in [0.1, 0.15) is 12.1 Å². The van der Waals surface area contributed by atoms with Crippen LogP contribution in [0.2, 0.25) is 0 Å². The van der Waals surface area contributed by atoms with Crippen LogP contribution in [0.4, 0.5) is 26.3 Å². The van der Waals surface area contributed by atoms with Crippen molar-refractivity contribution in [1.29, 1.82) is 5.26 Å². The third-order valence-corrected chi connectivity index (χ3v) is 10.3. The Morgan fingerprint density at radius 1 is 0.608 bits per heavy atom. The Balaban J connectivity index is 1.54. The molecular formula is C38H29F6N3O4. The summed E-state index contributed by atoms with van der Waals surface area (Å²) >= 11 is 0. The Hall–Kier alpha value is -5.25. The molecule has 51 heavy (non-hydrogen) atoms. The number of aryl methyl sites for hydroxylation is 1. The number of nitrogens with zero attached hydrogens (tertiary/aromatic N) is 3. The van der Waals surface area contributed by atoms with Gasteiger partial charge in [0, 0.05) is 38.2 Å². The number of rotatable bonds is 8. The maximum absolute atomic E-state index is 14.3. The Bertz CT molecular complexity index is 2410. The minimum absolute atomic E-state index is 0.0740. The molecule has 0 radical (unpaired) electrons. The summed E-state index contributed by atoms with van der Waals surface area (Å²) in [5.74, 6) is -4.52. The standard InChI is InChI=1S/C38H29F6N3O4/c1-4-6-8-25(37(39,40)41)46-33(48)21-13-11-20-28-18(16-45)15-24-30-22(34(49)47(36(24)51)26(9-7-5-2)38(42,43)44)12-10-19(32(28)30)27-17(3)14-23(35(46)50)29(21)31(20)27/h10-15,25-26H,4-9H2,1-3H3. The number of carbonyl (C=O) groups is 4. The van der Waals surface area contributed by atoms with Gasteiger partial charge in [-0.3, -0.25) is 29.0 Å². The zero-order chi connectivity index (χ0) is 36.9. The number of fused-ring (bicyclic) bond motifs is 2. The lowest BCUT2D eigenvalue weighted by Gasteiger charge is -2.36. The fraction of sp³-hybridized carbons (Fsp3) is 0.342. The van der Waals surface area contributed by atoms with E-state index in [1.54, 1.807) is 20.8 Å². The number of carbonyl (C=O) groups excluding carboxylic acids is 4. The average Bonchev–Trinajstić information content (AvgIpc) is 3.07. The number of benzene rings is 5. The van der Waals surface area contributed by atoms with E-state index in [0.29, 0.717) is 39.9 Å². The first-order valence-corrected chi connectivity index (χ1v) is 16.6. The number of nitriles is 1. The van der Waals surface area contributed by atoms with Crippen molar-refractivity contribution >= 4 is 66.7 Å². The molecule has 2 aliphatic heterocycles. The molecule has 13 heteroatoms. The third-order valence-electron chi connectivity index (χ3n) is 10.3. The average molecular weight is 706 g/mol. The first-order chi connectivity index (χ1) is 24.1. The molecule has 0 aliphatic carbocycles. The lowest BCUT2D eigenvalue weighted by atomic mass is 9.79. The monoisotopic (exact) mass is 705 g/mol. The SMILES string of the molecule is CCCCC(N1C(=O)c2ccc3c4c(C#N)cc5c6c(ccc(c7c(C)cc(c2c37)C1=O)c64)C(=O)N(C(CCCC)C(F)(F)F)C5=O)C(F)(F)F. The Kier molecular flexibility index (Phi) is 7.81. The van der Waals surface area contributed by atoms with E-state index in [1.165, 1.54) is 30.3 Å². The lowest BCUT2D eigenvalue weighted by molar-refractivity contribution is -0.173. The van der Waals surface area contributed by atoms with Gasteiger partial charge in [-0.25, -0.2) is 0 Å². The molecule has 4 amide bonds. The van der Waals surface area contributed by atoms with Crippen molar-refractivity contribution in [3.8, 4) is 6.07 Å². The van der Waals surface area contributed by atoms with Crippen LogP contribution in [-0.2, 0) is 0 Å². The second kappa shape index (κ2) is 11.6. The minimum atomic E-state index is -4.91. The second-order valence-electron chi connectivity index (χ2n) is 13.3. The second-order valence-corrected chi connectivity index (χ2v) is 13.3. The Labute approximate surface area is 286 Å². The first-order valence-electron chi connectivity index (χ1n) is 16.6. The van der Waals surface area contributed by atoms with Crippen molar-refractivity contribution < 1.29 is 45.5 Å². The van der Waals surface area contributed by atoms with Crippen LogP contribution in [-0.4, -0.2) is 57.9 Å². The number of unbranched alkanes of at least 4 members (excludes halogenated alkanes) is 2. The maximum atomic E-state index is 14.3. The van der Waals surface area contributed by atoms with Crippen LogP contribution in [0.25, 0.3) is 43.1 Å². The van der Waals surface area contributed by atoms with Crippen molar-refractivity contribution in [2.24, 2.45) is 0 Å². The highest BCUT2D eigenvalue weighted by Gasteiger charge is 2.52. The van der Waals surface area contributed by atoms with Crippen molar-refractivity contribution in [2.45, 2.75) is 83.7 Å². The molecule has 7 nitrogen and oxygen atoms in total. The van der Waals surface area contributed by atoms with Crippen molar-refractivity contribution in [2.75, 3.05) is 0 Å². The molecule has 0 spiro atoms. The molecule has 0 fully saturated rings. The highest BCUT2D eigenvalue weighted by molar-refractivity contribution is 6.42.